The third-order valence-corrected chi connectivity index (χ3v) is 2.21. The van der Waals surface area contributed by atoms with Crippen LogP contribution in [0.15, 0.2) is 36.5 Å². The van der Waals surface area contributed by atoms with E-state index < -0.39 is 5.82 Å². The molecule has 0 saturated heterocycles. The first-order chi connectivity index (χ1) is 8.26. The second-order valence-electron chi connectivity index (χ2n) is 3.23. The van der Waals surface area contributed by atoms with Gasteiger partial charge in [0.25, 0.3) is 0 Å². The monoisotopic (exact) mass is 232 g/mol. The molecular formula is C12H6F2N2O. The van der Waals surface area contributed by atoms with Crippen LogP contribution in [0.25, 0.3) is 11.3 Å². The molecule has 0 aliphatic carbocycles. The molecule has 5 heteroatoms. The molecule has 1 aromatic carbocycles. The van der Waals surface area contributed by atoms with Gasteiger partial charge in [-0.25, -0.2) is 4.39 Å². The number of nitriles is 1. The van der Waals surface area contributed by atoms with Crippen molar-refractivity contribution in [1.82, 2.24) is 4.98 Å². The van der Waals surface area contributed by atoms with Gasteiger partial charge < -0.3 is 0 Å². The molecule has 0 aliphatic heterocycles. The van der Waals surface area contributed by atoms with Crippen molar-refractivity contribution in [1.29, 1.82) is 5.26 Å². The summed E-state index contributed by atoms with van der Waals surface area (Å²) in [5, 5.41) is 8.89. The molecule has 0 bridgehead atoms. The quantitative estimate of drug-likeness (QED) is 0.799. The van der Waals surface area contributed by atoms with Crippen LogP contribution in [0, 0.1) is 17.1 Å². The highest BCUT2D eigenvalue weighted by molar-refractivity contribution is 5.72. The molecular weight excluding hydrogens is 226 g/mol. The predicted molar refractivity (Wildman–Crippen MR) is 56.1 cm³/mol. The molecule has 0 radical (unpaired) electrons. The predicted octanol–water partition coefficient (Wildman–Crippen LogP) is 3.02. The van der Waals surface area contributed by atoms with Gasteiger partial charge >= 0.3 is 0 Å². The van der Waals surface area contributed by atoms with Crippen LogP contribution in [0.4, 0.5) is 8.92 Å². The summed E-state index contributed by atoms with van der Waals surface area (Å²) in [5.74, 6) is -0.653. The molecule has 0 amide bonds. The highest BCUT2D eigenvalue weighted by atomic mass is 19.3. The fourth-order valence-electron chi connectivity index (χ4n) is 1.47. The van der Waals surface area contributed by atoms with Gasteiger partial charge in [0.1, 0.15) is 11.5 Å². The molecule has 2 rings (SSSR count). The van der Waals surface area contributed by atoms with Crippen molar-refractivity contribution in [3.8, 4) is 23.1 Å². The molecule has 1 heterocycles. The Hall–Kier alpha value is -2.48. The van der Waals surface area contributed by atoms with Gasteiger partial charge in [-0.2, -0.15) is 5.26 Å². The largest absolute Gasteiger partial charge is 0.292 e. The first-order valence-electron chi connectivity index (χ1n) is 4.70. The number of benzene rings is 1. The van der Waals surface area contributed by atoms with Crippen molar-refractivity contribution < 1.29 is 13.9 Å². The summed E-state index contributed by atoms with van der Waals surface area (Å²) in [5.41, 5.74) is 0.552. The van der Waals surface area contributed by atoms with E-state index >= 15 is 0 Å². The maximum Gasteiger partial charge on any atom is 0.198 e. The number of rotatable bonds is 2. The van der Waals surface area contributed by atoms with Crippen molar-refractivity contribution in [3.05, 3.63) is 47.9 Å². The summed E-state index contributed by atoms with van der Waals surface area (Å²) in [6, 6.07) is 8.28. The summed E-state index contributed by atoms with van der Waals surface area (Å²) >= 11 is 0. The Morgan fingerprint density at radius 2 is 2.12 bits per heavy atom. The molecule has 1 aromatic heterocycles. The van der Waals surface area contributed by atoms with E-state index in [4.69, 9.17) is 5.26 Å². The number of hydrogen-bond donors (Lipinski definition) is 0. The minimum Gasteiger partial charge on any atom is -0.292 e. The molecule has 0 saturated carbocycles. The number of pyridine rings is 1. The molecule has 0 unspecified atom stereocenters. The van der Waals surface area contributed by atoms with Crippen LogP contribution in [-0.4, -0.2) is 4.98 Å². The highest BCUT2D eigenvalue weighted by Gasteiger charge is 2.13. The smallest absolute Gasteiger partial charge is 0.198 e. The van der Waals surface area contributed by atoms with Gasteiger partial charge in [-0.15, -0.1) is 0 Å². The van der Waals surface area contributed by atoms with Crippen molar-refractivity contribution >= 4 is 0 Å². The van der Waals surface area contributed by atoms with E-state index in [1.165, 1.54) is 30.5 Å². The van der Waals surface area contributed by atoms with Gasteiger partial charge in [0.05, 0.1) is 11.6 Å². The van der Waals surface area contributed by atoms with Crippen LogP contribution in [0.1, 0.15) is 5.56 Å². The lowest BCUT2D eigenvalue weighted by atomic mass is 10.0. The molecule has 17 heavy (non-hydrogen) atoms. The van der Waals surface area contributed by atoms with Crippen molar-refractivity contribution in [3.63, 3.8) is 0 Å². The Bertz CT molecular complexity index is 593. The number of nitrogens with zero attached hydrogens (tertiary/aromatic N) is 2. The zero-order valence-electron chi connectivity index (χ0n) is 8.52. The van der Waals surface area contributed by atoms with Crippen LogP contribution in [0.5, 0.6) is 5.75 Å². The fraction of sp³-hybridized carbons (Fsp3) is 0. The zero-order chi connectivity index (χ0) is 12.3. The Balaban J connectivity index is 2.65. The summed E-state index contributed by atoms with van der Waals surface area (Å²) in [6.07, 6.45) is 1.43. The standard InChI is InChI=1S/C12H6F2N2O/c13-9-3-4-10(8(6-9)7-15)12-11(17-14)2-1-5-16-12/h1-6H. The molecule has 0 N–H and O–H groups in total. The molecule has 0 spiro atoms. The SMILES string of the molecule is N#Cc1cc(F)ccc1-c1ncccc1OF. The van der Waals surface area contributed by atoms with E-state index in [-0.39, 0.29) is 17.0 Å². The van der Waals surface area contributed by atoms with E-state index in [2.05, 4.69) is 9.93 Å². The second-order valence-corrected chi connectivity index (χ2v) is 3.23. The lowest BCUT2D eigenvalue weighted by molar-refractivity contribution is -0.00582. The van der Waals surface area contributed by atoms with Crippen LogP contribution >= 0.6 is 0 Å². The Kier molecular flexibility index (Phi) is 2.97. The molecule has 0 fully saturated rings. The summed E-state index contributed by atoms with van der Waals surface area (Å²) in [6.45, 7) is 0. The van der Waals surface area contributed by atoms with Crippen LogP contribution in [-0.2, 0) is 0 Å². The van der Waals surface area contributed by atoms with Crippen LogP contribution in [0.3, 0.4) is 0 Å². The molecule has 0 atom stereocenters. The lowest BCUT2D eigenvalue weighted by Gasteiger charge is -2.05. The number of hydrogen-bond acceptors (Lipinski definition) is 3. The lowest BCUT2D eigenvalue weighted by Crippen LogP contribution is -1.92. The summed E-state index contributed by atoms with van der Waals surface area (Å²) < 4.78 is 25.2. The highest BCUT2D eigenvalue weighted by Crippen LogP contribution is 2.30. The van der Waals surface area contributed by atoms with E-state index in [9.17, 15) is 8.92 Å². The summed E-state index contributed by atoms with van der Waals surface area (Å²) in [7, 11) is 0. The van der Waals surface area contributed by atoms with E-state index in [0.29, 0.717) is 5.56 Å². The third-order valence-electron chi connectivity index (χ3n) is 2.21. The average Bonchev–Trinajstić information content (AvgIpc) is 2.38. The third kappa shape index (κ3) is 2.06. The van der Waals surface area contributed by atoms with E-state index in [1.54, 1.807) is 0 Å². The maximum atomic E-state index is 13.0. The Morgan fingerprint density at radius 3 is 2.82 bits per heavy atom. The number of aromatic nitrogens is 1. The second kappa shape index (κ2) is 4.58. The molecule has 3 nitrogen and oxygen atoms in total. The fourth-order valence-corrected chi connectivity index (χ4v) is 1.47. The molecule has 84 valence electrons. The number of halogens is 2. The molecule has 2 aromatic rings. The Labute approximate surface area is 95.8 Å². The average molecular weight is 232 g/mol. The van der Waals surface area contributed by atoms with Crippen LogP contribution < -0.4 is 4.94 Å². The zero-order valence-corrected chi connectivity index (χ0v) is 8.52. The Morgan fingerprint density at radius 1 is 1.29 bits per heavy atom. The minimum absolute atomic E-state index is 0.0713. The van der Waals surface area contributed by atoms with Gasteiger partial charge in [0, 0.05) is 16.3 Å². The molecule has 0 aliphatic rings. The summed E-state index contributed by atoms with van der Waals surface area (Å²) in [4.78, 5) is 7.58. The topological polar surface area (TPSA) is 45.9 Å². The van der Waals surface area contributed by atoms with Gasteiger partial charge in [-0.05, 0) is 30.3 Å². The van der Waals surface area contributed by atoms with Gasteiger partial charge in [0.2, 0.25) is 0 Å². The van der Waals surface area contributed by atoms with Crippen molar-refractivity contribution in [2.75, 3.05) is 0 Å². The van der Waals surface area contributed by atoms with E-state index in [0.717, 1.165) is 6.07 Å². The first kappa shape index (κ1) is 11.0. The van der Waals surface area contributed by atoms with Crippen LogP contribution in [0.2, 0.25) is 0 Å². The minimum atomic E-state index is -0.538. The van der Waals surface area contributed by atoms with Gasteiger partial charge in [0.15, 0.2) is 5.75 Å². The van der Waals surface area contributed by atoms with E-state index in [1.807, 2.05) is 6.07 Å². The maximum absolute atomic E-state index is 13.0. The first-order valence-corrected chi connectivity index (χ1v) is 4.70. The van der Waals surface area contributed by atoms with Gasteiger partial charge in [-0.3, -0.25) is 9.93 Å². The van der Waals surface area contributed by atoms with Crippen molar-refractivity contribution in [2.24, 2.45) is 0 Å². The normalized spacial score (nSPS) is 9.71. The van der Waals surface area contributed by atoms with Crippen molar-refractivity contribution in [2.45, 2.75) is 0 Å². The van der Waals surface area contributed by atoms with Gasteiger partial charge in [-0.1, -0.05) is 0 Å².